The number of ketones is 1. The molecular formula is C29H29ClN2O5. The third kappa shape index (κ3) is 4.74. The van der Waals surface area contributed by atoms with Crippen LogP contribution in [0.1, 0.15) is 31.0 Å². The lowest BCUT2D eigenvalue weighted by molar-refractivity contribution is -0.132. The fourth-order valence-electron chi connectivity index (χ4n) is 4.69. The number of aliphatic hydroxyl groups excluding tert-OH is 1. The minimum absolute atomic E-state index is 0.0629. The number of amides is 1. The number of halogens is 1. The van der Waals surface area contributed by atoms with E-state index in [1.807, 2.05) is 24.3 Å². The van der Waals surface area contributed by atoms with E-state index in [0.29, 0.717) is 27.8 Å². The van der Waals surface area contributed by atoms with E-state index < -0.39 is 17.7 Å². The Morgan fingerprint density at radius 1 is 0.946 bits per heavy atom. The fraction of sp³-hybridized carbons (Fsp3) is 0.241. The third-order valence-corrected chi connectivity index (χ3v) is 6.78. The summed E-state index contributed by atoms with van der Waals surface area (Å²) in [6.07, 6.45) is 0. The van der Waals surface area contributed by atoms with Crippen LogP contribution in [-0.2, 0) is 9.59 Å². The number of Topliss-reactive ketones (excluding diaryl/α,β-unsaturated/α-hetero) is 1. The summed E-state index contributed by atoms with van der Waals surface area (Å²) in [6.45, 7) is 5.83. The number of aliphatic hydroxyl groups is 1. The number of hydrogen-bond acceptors (Lipinski definition) is 6. The van der Waals surface area contributed by atoms with Crippen molar-refractivity contribution in [2.45, 2.75) is 19.9 Å². The highest BCUT2D eigenvalue weighted by Gasteiger charge is 2.48. The van der Waals surface area contributed by atoms with Gasteiger partial charge in [-0.15, -0.1) is 0 Å². The molecule has 7 nitrogen and oxygen atoms in total. The number of carbonyl (C=O) groups excluding carboxylic acids is 2. The van der Waals surface area contributed by atoms with E-state index in [-0.39, 0.29) is 16.9 Å². The molecule has 3 aromatic carbocycles. The average Bonchev–Trinajstić information content (AvgIpc) is 3.19. The maximum absolute atomic E-state index is 13.5. The van der Waals surface area contributed by atoms with E-state index in [0.717, 1.165) is 18.8 Å². The van der Waals surface area contributed by atoms with E-state index in [4.69, 9.17) is 21.1 Å². The first-order valence-electron chi connectivity index (χ1n) is 12.0. The van der Waals surface area contributed by atoms with E-state index in [1.165, 1.54) is 25.2 Å². The summed E-state index contributed by atoms with van der Waals surface area (Å²) in [7, 11) is 2.96. The highest BCUT2D eigenvalue weighted by Crippen LogP contribution is 2.46. The second-order valence-corrected chi connectivity index (χ2v) is 8.89. The molecule has 1 unspecified atom stereocenters. The predicted octanol–water partition coefficient (Wildman–Crippen LogP) is 5.83. The lowest BCUT2D eigenvalue weighted by atomic mass is 9.94. The van der Waals surface area contributed by atoms with E-state index in [2.05, 4.69) is 18.7 Å². The number of benzene rings is 3. The molecule has 0 spiro atoms. The van der Waals surface area contributed by atoms with Gasteiger partial charge in [0.1, 0.15) is 17.3 Å². The van der Waals surface area contributed by atoms with Gasteiger partial charge < -0.3 is 19.5 Å². The van der Waals surface area contributed by atoms with Crippen LogP contribution in [0, 0.1) is 0 Å². The molecule has 1 atom stereocenters. The van der Waals surface area contributed by atoms with Crippen molar-refractivity contribution in [3.05, 3.63) is 88.5 Å². The van der Waals surface area contributed by atoms with Gasteiger partial charge in [-0.25, -0.2) is 0 Å². The summed E-state index contributed by atoms with van der Waals surface area (Å²) >= 11 is 6.21. The number of methoxy groups -OCH3 is 2. The molecule has 1 N–H and O–H groups in total. The summed E-state index contributed by atoms with van der Waals surface area (Å²) < 4.78 is 10.9. The number of hydrogen-bond donors (Lipinski definition) is 1. The van der Waals surface area contributed by atoms with E-state index in [1.54, 1.807) is 36.4 Å². The Morgan fingerprint density at radius 3 is 2.22 bits per heavy atom. The molecule has 0 radical (unpaired) electrons. The molecule has 0 aliphatic carbocycles. The van der Waals surface area contributed by atoms with E-state index >= 15 is 0 Å². The van der Waals surface area contributed by atoms with Gasteiger partial charge in [0.05, 0.1) is 37.1 Å². The van der Waals surface area contributed by atoms with Crippen molar-refractivity contribution in [3.63, 3.8) is 0 Å². The van der Waals surface area contributed by atoms with Crippen LogP contribution in [0.3, 0.4) is 0 Å². The van der Waals surface area contributed by atoms with Crippen molar-refractivity contribution >= 4 is 40.4 Å². The molecule has 8 heteroatoms. The van der Waals surface area contributed by atoms with Gasteiger partial charge in [0.15, 0.2) is 0 Å². The highest BCUT2D eigenvalue weighted by molar-refractivity contribution is 6.52. The van der Waals surface area contributed by atoms with Gasteiger partial charge in [-0.05, 0) is 61.9 Å². The van der Waals surface area contributed by atoms with Gasteiger partial charge in [0, 0.05) is 23.8 Å². The zero-order chi connectivity index (χ0) is 26.7. The standard InChI is InChI=1S/C29H29ClN2O5/c1-5-31(6-2)20-14-11-18(12-15-20)26-25(27(33)21-17-19(30)13-16-23(21)36-3)28(34)29(35)32(26)22-9-7-8-10-24(22)37-4/h7-17,26,33H,5-6H2,1-4H3/b27-25+. The van der Waals surface area contributed by atoms with Crippen LogP contribution in [0.15, 0.2) is 72.3 Å². The number of rotatable bonds is 8. The van der Waals surface area contributed by atoms with Gasteiger partial charge in [0.2, 0.25) is 0 Å². The third-order valence-electron chi connectivity index (χ3n) is 6.54. The van der Waals surface area contributed by atoms with Crippen molar-refractivity contribution in [1.82, 2.24) is 0 Å². The van der Waals surface area contributed by atoms with Crippen molar-refractivity contribution in [3.8, 4) is 11.5 Å². The van der Waals surface area contributed by atoms with Crippen molar-refractivity contribution in [2.75, 3.05) is 37.1 Å². The van der Waals surface area contributed by atoms with Gasteiger partial charge in [-0.3, -0.25) is 14.5 Å². The lowest BCUT2D eigenvalue weighted by Crippen LogP contribution is -2.30. The first kappa shape index (κ1) is 26.1. The molecular weight excluding hydrogens is 492 g/mol. The topological polar surface area (TPSA) is 79.3 Å². The first-order valence-corrected chi connectivity index (χ1v) is 12.4. The monoisotopic (exact) mass is 520 g/mol. The molecule has 1 aliphatic heterocycles. The molecule has 0 aromatic heterocycles. The summed E-state index contributed by atoms with van der Waals surface area (Å²) in [6, 6.07) is 18.4. The van der Waals surface area contributed by atoms with Gasteiger partial charge in [-0.2, -0.15) is 0 Å². The minimum atomic E-state index is -0.911. The SMILES string of the molecule is CCN(CC)c1ccc(C2/C(=C(\O)c3cc(Cl)ccc3OC)C(=O)C(=O)N2c2ccccc2OC)cc1. The smallest absolute Gasteiger partial charge is 0.300 e. The molecule has 3 aromatic rings. The molecule has 1 heterocycles. The zero-order valence-electron chi connectivity index (χ0n) is 21.2. The Labute approximate surface area is 221 Å². The molecule has 1 aliphatic rings. The Balaban J connectivity index is 1.97. The first-order chi connectivity index (χ1) is 17.9. The van der Waals surface area contributed by atoms with Crippen LogP contribution in [0.5, 0.6) is 11.5 Å². The van der Waals surface area contributed by atoms with Crippen molar-refractivity contribution in [1.29, 1.82) is 0 Å². The molecule has 1 amide bonds. The molecule has 1 saturated heterocycles. The van der Waals surface area contributed by atoms with Gasteiger partial charge >= 0.3 is 0 Å². The Hall–Kier alpha value is -3.97. The highest BCUT2D eigenvalue weighted by atomic mass is 35.5. The maximum atomic E-state index is 13.5. The average molecular weight is 521 g/mol. The van der Waals surface area contributed by atoms with Crippen LogP contribution in [0.25, 0.3) is 5.76 Å². The quantitative estimate of drug-likeness (QED) is 0.229. The van der Waals surface area contributed by atoms with Crippen molar-refractivity contribution in [2.24, 2.45) is 0 Å². The Kier molecular flexibility index (Phi) is 7.74. The molecule has 192 valence electrons. The largest absolute Gasteiger partial charge is 0.507 e. The Morgan fingerprint density at radius 2 is 1.59 bits per heavy atom. The second-order valence-electron chi connectivity index (χ2n) is 8.45. The van der Waals surface area contributed by atoms with Gasteiger partial charge in [0.25, 0.3) is 11.7 Å². The van der Waals surface area contributed by atoms with Crippen molar-refractivity contribution < 1.29 is 24.2 Å². The second kappa shape index (κ2) is 11.0. The molecule has 37 heavy (non-hydrogen) atoms. The van der Waals surface area contributed by atoms with Crippen LogP contribution in [0.2, 0.25) is 5.02 Å². The number of nitrogens with zero attached hydrogens (tertiary/aromatic N) is 2. The fourth-order valence-corrected chi connectivity index (χ4v) is 4.86. The molecule has 0 bridgehead atoms. The van der Waals surface area contributed by atoms with Gasteiger partial charge in [-0.1, -0.05) is 35.9 Å². The number of carbonyl (C=O) groups is 2. The zero-order valence-corrected chi connectivity index (χ0v) is 22.0. The number of para-hydroxylation sites is 2. The number of anilines is 2. The maximum Gasteiger partial charge on any atom is 0.300 e. The number of ether oxygens (including phenoxy) is 2. The predicted molar refractivity (Wildman–Crippen MR) is 146 cm³/mol. The summed E-state index contributed by atoms with van der Waals surface area (Å²) in [5.74, 6) is -1.21. The van der Waals surface area contributed by atoms with Crippen LogP contribution >= 0.6 is 11.6 Å². The van der Waals surface area contributed by atoms with Crippen LogP contribution < -0.4 is 19.3 Å². The molecule has 0 saturated carbocycles. The van der Waals surface area contributed by atoms with Crippen LogP contribution in [-0.4, -0.2) is 44.1 Å². The molecule has 4 rings (SSSR count). The Bertz CT molecular complexity index is 1350. The summed E-state index contributed by atoms with van der Waals surface area (Å²) in [5.41, 5.74) is 2.25. The van der Waals surface area contributed by atoms with Crippen LogP contribution in [0.4, 0.5) is 11.4 Å². The normalized spacial score (nSPS) is 16.7. The molecule has 1 fully saturated rings. The lowest BCUT2D eigenvalue weighted by Gasteiger charge is -2.27. The minimum Gasteiger partial charge on any atom is -0.507 e. The summed E-state index contributed by atoms with van der Waals surface area (Å²) in [5, 5.41) is 11.8. The van der Waals surface area contributed by atoms with E-state index in [9.17, 15) is 14.7 Å². The summed E-state index contributed by atoms with van der Waals surface area (Å²) in [4.78, 5) is 30.6.